The molecule has 2 N–H and O–H groups in total. The molecule has 9 heteroatoms. The highest BCUT2D eigenvalue weighted by atomic mass is 19.4. The Morgan fingerprint density at radius 1 is 1.44 bits per heavy atom. The molecule has 0 spiro atoms. The smallest absolute Gasteiger partial charge is 0.392 e. The molecule has 2 atom stereocenters. The summed E-state index contributed by atoms with van der Waals surface area (Å²) in [7, 11) is 1.82. The zero-order valence-corrected chi connectivity index (χ0v) is 13.6. The fourth-order valence-corrected chi connectivity index (χ4v) is 2.95. The van der Waals surface area contributed by atoms with Crippen molar-refractivity contribution in [3.8, 4) is 11.4 Å². The van der Waals surface area contributed by atoms with E-state index in [-0.39, 0.29) is 18.0 Å². The minimum atomic E-state index is -4.66. The number of nitrogens with zero attached hydrogens (tertiary/aromatic N) is 3. The molecule has 1 aromatic heterocycles. The average Bonchev–Trinajstić information content (AvgIpc) is 3.21. The van der Waals surface area contributed by atoms with E-state index in [9.17, 15) is 18.3 Å². The normalized spacial score (nSPS) is 20.1. The van der Waals surface area contributed by atoms with E-state index in [1.54, 1.807) is 18.2 Å². The van der Waals surface area contributed by atoms with Crippen LogP contribution in [0, 0.1) is 0 Å². The molecule has 2 aromatic rings. The molecule has 0 amide bonds. The first-order valence-electron chi connectivity index (χ1n) is 7.95. The summed E-state index contributed by atoms with van der Waals surface area (Å²) in [6.45, 7) is 2.13. The molecule has 1 aromatic carbocycles. The number of rotatable bonds is 5. The summed E-state index contributed by atoms with van der Waals surface area (Å²) >= 11 is 0. The van der Waals surface area contributed by atoms with Gasteiger partial charge in [-0.05, 0) is 25.1 Å². The first kappa shape index (κ1) is 17.8. The predicted molar refractivity (Wildman–Crippen MR) is 83.6 cm³/mol. The van der Waals surface area contributed by atoms with Gasteiger partial charge in [0.05, 0.1) is 6.10 Å². The summed E-state index contributed by atoms with van der Waals surface area (Å²) < 4.78 is 42.1. The summed E-state index contributed by atoms with van der Waals surface area (Å²) in [6, 6.07) is 7.00. The number of alkyl halides is 3. The van der Waals surface area contributed by atoms with E-state index in [1.807, 2.05) is 13.1 Å². The summed E-state index contributed by atoms with van der Waals surface area (Å²) in [5.74, 6) is -1.45. The molecule has 136 valence electrons. The van der Waals surface area contributed by atoms with Gasteiger partial charge in [-0.2, -0.15) is 18.2 Å². The van der Waals surface area contributed by atoms with Crippen LogP contribution in [0.2, 0.25) is 0 Å². The molecule has 0 radical (unpaired) electrons. The molecule has 3 rings (SSSR count). The van der Waals surface area contributed by atoms with Gasteiger partial charge in [0.25, 0.3) is 0 Å². The number of likely N-dealkylation sites (tertiary alicyclic amines) is 1. The van der Waals surface area contributed by atoms with Gasteiger partial charge in [0.2, 0.25) is 5.82 Å². The SMILES string of the molecule is CNC(CN1CCC(O)C1)c1cccc(-c2noc(C(F)(F)F)n2)c1. The zero-order chi connectivity index (χ0) is 18.0. The first-order valence-corrected chi connectivity index (χ1v) is 7.95. The van der Waals surface area contributed by atoms with Gasteiger partial charge in [0.15, 0.2) is 0 Å². The van der Waals surface area contributed by atoms with E-state index in [2.05, 4.69) is 24.9 Å². The van der Waals surface area contributed by atoms with Crippen LogP contribution in [-0.4, -0.2) is 52.9 Å². The molecule has 1 fully saturated rings. The van der Waals surface area contributed by atoms with E-state index >= 15 is 0 Å². The predicted octanol–water partition coefficient (Wildman–Crippen LogP) is 2.08. The van der Waals surface area contributed by atoms with Crippen LogP contribution in [0.15, 0.2) is 28.8 Å². The van der Waals surface area contributed by atoms with Crippen molar-refractivity contribution >= 4 is 0 Å². The van der Waals surface area contributed by atoms with Crippen molar-refractivity contribution in [2.24, 2.45) is 0 Å². The number of β-amino-alcohol motifs (C(OH)–C–C–N with tert-alkyl or cyclic N) is 1. The van der Waals surface area contributed by atoms with Gasteiger partial charge in [-0.15, -0.1) is 0 Å². The molecule has 2 heterocycles. The van der Waals surface area contributed by atoms with E-state index in [0.717, 1.165) is 18.5 Å². The fourth-order valence-electron chi connectivity index (χ4n) is 2.95. The third kappa shape index (κ3) is 4.17. The number of nitrogens with one attached hydrogen (secondary N) is 1. The van der Waals surface area contributed by atoms with Crippen LogP contribution in [0.4, 0.5) is 13.2 Å². The molecular formula is C16H19F3N4O2. The lowest BCUT2D eigenvalue weighted by molar-refractivity contribution is -0.159. The van der Waals surface area contributed by atoms with Gasteiger partial charge in [-0.25, -0.2) is 0 Å². The molecule has 1 saturated heterocycles. The molecule has 25 heavy (non-hydrogen) atoms. The Morgan fingerprint density at radius 3 is 2.84 bits per heavy atom. The van der Waals surface area contributed by atoms with E-state index < -0.39 is 12.1 Å². The molecule has 0 bridgehead atoms. The molecule has 1 aliphatic heterocycles. The van der Waals surface area contributed by atoms with Crippen molar-refractivity contribution in [2.75, 3.05) is 26.7 Å². The second-order valence-electron chi connectivity index (χ2n) is 6.09. The van der Waals surface area contributed by atoms with Crippen molar-refractivity contribution in [3.05, 3.63) is 35.7 Å². The molecule has 0 saturated carbocycles. The summed E-state index contributed by atoms with van der Waals surface area (Å²) in [6.07, 6.45) is -4.21. The minimum Gasteiger partial charge on any atom is -0.392 e. The van der Waals surface area contributed by atoms with E-state index in [1.165, 1.54) is 0 Å². The van der Waals surface area contributed by atoms with Crippen molar-refractivity contribution in [1.82, 2.24) is 20.4 Å². The Balaban J connectivity index is 1.79. The average molecular weight is 356 g/mol. The molecule has 1 aliphatic rings. The van der Waals surface area contributed by atoms with Gasteiger partial charge in [-0.3, -0.25) is 4.90 Å². The topological polar surface area (TPSA) is 74.4 Å². The summed E-state index contributed by atoms with van der Waals surface area (Å²) in [5, 5.41) is 16.3. The Hall–Kier alpha value is -1.97. The van der Waals surface area contributed by atoms with E-state index in [4.69, 9.17) is 0 Å². The summed E-state index contributed by atoms with van der Waals surface area (Å²) in [5.41, 5.74) is 1.36. The zero-order valence-electron chi connectivity index (χ0n) is 13.6. The number of halogens is 3. The monoisotopic (exact) mass is 356 g/mol. The van der Waals surface area contributed by atoms with Crippen LogP contribution in [0.25, 0.3) is 11.4 Å². The third-order valence-corrected chi connectivity index (χ3v) is 4.25. The van der Waals surface area contributed by atoms with Crippen LogP contribution < -0.4 is 5.32 Å². The maximum absolute atomic E-state index is 12.6. The quantitative estimate of drug-likeness (QED) is 0.855. The lowest BCUT2D eigenvalue weighted by Gasteiger charge is -2.23. The van der Waals surface area contributed by atoms with E-state index in [0.29, 0.717) is 18.7 Å². The second-order valence-corrected chi connectivity index (χ2v) is 6.09. The Morgan fingerprint density at radius 2 is 2.24 bits per heavy atom. The van der Waals surface area contributed by atoms with Gasteiger partial charge >= 0.3 is 12.1 Å². The minimum absolute atomic E-state index is 0.0285. The van der Waals surface area contributed by atoms with Crippen LogP contribution in [0.1, 0.15) is 23.9 Å². The molecular weight excluding hydrogens is 337 g/mol. The van der Waals surface area contributed by atoms with Crippen molar-refractivity contribution in [2.45, 2.75) is 24.7 Å². The first-order chi connectivity index (χ1) is 11.9. The number of aromatic nitrogens is 2. The molecule has 6 nitrogen and oxygen atoms in total. The molecule has 0 aliphatic carbocycles. The lowest BCUT2D eigenvalue weighted by atomic mass is 10.0. The van der Waals surface area contributed by atoms with Crippen LogP contribution in [0.3, 0.4) is 0 Å². The largest absolute Gasteiger partial charge is 0.471 e. The maximum atomic E-state index is 12.6. The Labute approximate surface area is 142 Å². The van der Waals surface area contributed by atoms with Gasteiger partial charge in [0.1, 0.15) is 0 Å². The highest BCUT2D eigenvalue weighted by Crippen LogP contribution is 2.30. The number of hydrogen-bond donors (Lipinski definition) is 2. The summed E-state index contributed by atoms with van der Waals surface area (Å²) in [4.78, 5) is 5.57. The lowest BCUT2D eigenvalue weighted by Crippen LogP contribution is -2.33. The fraction of sp³-hybridized carbons (Fsp3) is 0.500. The maximum Gasteiger partial charge on any atom is 0.471 e. The number of aliphatic hydroxyl groups is 1. The number of aliphatic hydroxyl groups excluding tert-OH is 1. The third-order valence-electron chi connectivity index (χ3n) is 4.25. The number of likely N-dealkylation sites (N-methyl/N-ethyl adjacent to an activating group) is 1. The van der Waals surface area contributed by atoms with Crippen molar-refractivity contribution in [1.29, 1.82) is 0 Å². The van der Waals surface area contributed by atoms with Gasteiger partial charge < -0.3 is 14.9 Å². The Kier molecular flexibility index (Phi) is 5.07. The second kappa shape index (κ2) is 7.11. The van der Waals surface area contributed by atoms with Crippen LogP contribution >= 0.6 is 0 Å². The van der Waals surface area contributed by atoms with Crippen LogP contribution in [-0.2, 0) is 6.18 Å². The van der Waals surface area contributed by atoms with Crippen LogP contribution in [0.5, 0.6) is 0 Å². The number of hydrogen-bond acceptors (Lipinski definition) is 6. The van der Waals surface area contributed by atoms with Gasteiger partial charge in [-0.1, -0.05) is 23.4 Å². The molecule has 2 unspecified atom stereocenters. The van der Waals surface area contributed by atoms with Crippen molar-refractivity contribution < 1.29 is 22.8 Å². The van der Waals surface area contributed by atoms with Crippen molar-refractivity contribution in [3.63, 3.8) is 0 Å². The Bertz CT molecular complexity index is 719. The highest BCUT2D eigenvalue weighted by molar-refractivity contribution is 5.55. The highest BCUT2D eigenvalue weighted by Gasteiger charge is 2.38. The number of benzene rings is 1. The van der Waals surface area contributed by atoms with Gasteiger partial charge in [0, 0.05) is 31.2 Å². The standard InChI is InChI=1S/C16H19F3N4O2/c1-20-13(9-23-6-5-12(24)8-23)10-3-2-4-11(7-10)14-21-15(25-22-14)16(17,18)19/h2-4,7,12-13,20,24H,5-6,8-9H2,1H3.